The fraction of sp³-hybridized carbons (Fsp3) is 0.200. The van der Waals surface area contributed by atoms with Crippen LogP contribution in [0.15, 0.2) is 22.8 Å². The van der Waals surface area contributed by atoms with Crippen LogP contribution in [0, 0.1) is 6.92 Å². The summed E-state index contributed by atoms with van der Waals surface area (Å²) in [5.41, 5.74) is 0. The second-order valence-corrected chi connectivity index (χ2v) is 4.64. The highest BCUT2D eigenvalue weighted by Crippen LogP contribution is 2.13. The van der Waals surface area contributed by atoms with Gasteiger partial charge in [-0.1, -0.05) is 11.3 Å². The number of amides is 1. The Bertz CT molecular complexity index is 684. The summed E-state index contributed by atoms with van der Waals surface area (Å²) < 4.78 is 6.64. The summed E-state index contributed by atoms with van der Waals surface area (Å²) in [4.78, 5) is 12.4. The maximum atomic E-state index is 11.6. The summed E-state index contributed by atoms with van der Waals surface area (Å²) >= 11 is 1.39. The van der Waals surface area contributed by atoms with Crippen molar-refractivity contribution in [2.45, 2.75) is 13.5 Å². The van der Waals surface area contributed by atoms with E-state index >= 15 is 0 Å². The molecule has 0 aromatic carbocycles. The lowest BCUT2D eigenvalue weighted by Gasteiger charge is -1.98. The van der Waals surface area contributed by atoms with Crippen molar-refractivity contribution in [3.05, 3.63) is 35.0 Å². The maximum Gasteiger partial charge on any atom is 0.287 e. The molecule has 0 spiro atoms. The van der Waals surface area contributed by atoms with Gasteiger partial charge in [0.1, 0.15) is 5.01 Å². The molecule has 3 aromatic heterocycles. The third-order valence-corrected chi connectivity index (χ3v) is 3.23. The van der Waals surface area contributed by atoms with Crippen molar-refractivity contribution in [3.63, 3.8) is 0 Å². The Labute approximate surface area is 105 Å². The molecule has 0 aliphatic rings. The quantitative estimate of drug-likeness (QED) is 0.762. The van der Waals surface area contributed by atoms with Crippen LogP contribution in [0.25, 0.3) is 4.96 Å². The van der Waals surface area contributed by atoms with Gasteiger partial charge in [0, 0.05) is 0 Å². The molecule has 1 N–H and O–H groups in total. The summed E-state index contributed by atoms with van der Waals surface area (Å²) in [7, 11) is 0. The summed E-state index contributed by atoms with van der Waals surface area (Å²) in [5, 5.41) is 15.6. The molecule has 3 heterocycles. The largest absolute Gasteiger partial charge is 0.459 e. The Balaban J connectivity index is 1.71. The molecule has 8 heteroatoms. The fourth-order valence-corrected chi connectivity index (χ4v) is 2.30. The molecule has 0 aliphatic heterocycles. The first-order chi connectivity index (χ1) is 8.74. The fourth-order valence-electron chi connectivity index (χ4n) is 1.48. The number of furan rings is 1. The SMILES string of the molecule is Cc1nnc2sc(CNC(=O)c3ccco3)nn12. The van der Waals surface area contributed by atoms with Crippen LogP contribution in [0.5, 0.6) is 0 Å². The van der Waals surface area contributed by atoms with Gasteiger partial charge in [-0.25, -0.2) is 0 Å². The minimum Gasteiger partial charge on any atom is -0.459 e. The molecule has 0 saturated carbocycles. The molecule has 0 saturated heterocycles. The van der Waals surface area contributed by atoms with Gasteiger partial charge < -0.3 is 9.73 Å². The van der Waals surface area contributed by atoms with Crippen molar-refractivity contribution in [2.24, 2.45) is 0 Å². The maximum absolute atomic E-state index is 11.6. The Kier molecular flexibility index (Phi) is 2.56. The van der Waals surface area contributed by atoms with Gasteiger partial charge >= 0.3 is 0 Å². The number of nitrogens with one attached hydrogen (secondary N) is 1. The van der Waals surface area contributed by atoms with Crippen LogP contribution >= 0.6 is 11.3 Å². The van der Waals surface area contributed by atoms with Gasteiger partial charge in [-0.15, -0.1) is 10.2 Å². The van der Waals surface area contributed by atoms with E-state index in [0.717, 1.165) is 15.8 Å². The lowest BCUT2D eigenvalue weighted by molar-refractivity contribution is 0.0923. The van der Waals surface area contributed by atoms with E-state index < -0.39 is 0 Å². The molecule has 18 heavy (non-hydrogen) atoms. The second kappa shape index (κ2) is 4.22. The highest BCUT2D eigenvalue weighted by Gasteiger charge is 2.11. The number of carbonyl (C=O) groups excluding carboxylic acids is 1. The number of hydrogen-bond acceptors (Lipinski definition) is 6. The molecular formula is C10H9N5O2S. The van der Waals surface area contributed by atoms with Crippen LogP contribution in [0.1, 0.15) is 21.4 Å². The third-order valence-electron chi connectivity index (χ3n) is 2.33. The zero-order chi connectivity index (χ0) is 12.5. The monoisotopic (exact) mass is 263 g/mol. The molecule has 0 fully saturated rings. The van der Waals surface area contributed by atoms with Gasteiger partial charge in [0.2, 0.25) is 4.96 Å². The van der Waals surface area contributed by atoms with E-state index in [0.29, 0.717) is 6.54 Å². The molecule has 3 aromatic rings. The van der Waals surface area contributed by atoms with E-state index in [1.54, 1.807) is 16.6 Å². The van der Waals surface area contributed by atoms with Gasteiger partial charge in [-0.05, 0) is 19.1 Å². The van der Waals surface area contributed by atoms with Gasteiger partial charge in [-0.3, -0.25) is 4.79 Å². The normalized spacial score (nSPS) is 10.9. The van der Waals surface area contributed by atoms with Crippen LogP contribution in [0.4, 0.5) is 0 Å². The molecule has 0 bridgehead atoms. The zero-order valence-corrected chi connectivity index (χ0v) is 10.3. The summed E-state index contributed by atoms with van der Waals surface area (Å²) in [6.45, 7) is 2.16. The Hall–Kier alpha value is -2.22. The van der Waals surface area contributed by atoms with E-state index in [-0.39, 0.29) is 11.7 Å². The molecule has 0 unspecified atom stereocenters. The van der Waals surface area contributed by atoms with E-state index in [1.165, 1.54) is 17.6 Å². The highest BCUT2D eigenvalue weighted by atomic mass is 32.1. The first-order valence-electron chi connectivity index (χ1n) is 5.23. The first-order valence-corrected chi connectivity index (χ1v) is 6.05. The smallest absolute Gasteiger partial charge is 0.287 e. The van der Waals surface area contributed by atoms with Crippen LogP contribution in [0.2, 0.25) is 0 Å². The Morgan fingerprint density at radius 2 is 2.44 bits per heavy atom. The topological polar surface area (TPSA) is 85.3 Å². The van der Waals surface area contributed by atoms with Crippen molar-refractivity contribution in [1.29, 1.82) is 0 Å². The molecule has 7 nitrogen and oxygen atoms in total. The van der Waals surface area contributed by atoms with Gasteiger partial charge in [0.15, 0.2) is 11.6 Å². The van der Waals surface area contributed by atoms with E-state index in [1.807, 2.05) is 6.92 Å². The minimum atomic E-state index is -0.261. The lowest BCUT2D eigenvalue weighted by Crippen LogP contribution is -2.22. The van der Waals surface area contributed by atoms with Crippen molar-refractivity contribution in [1.82, 2.24) is 25.1 Å². The second-order valence-electron chi connectivity index (χ2n) is 3.60. The van der Waals surface area contributed by atoms with Crippen LogP contribution in [-0.4, -0.2) is 25.7 Å². The van der Waals surface area contributed by atoms with E-state index in [9.17, 15) is 4.79 Å². The van der Waals surface area contributed by atoms with Gasteiger partial charge in [0.05, 0.1) is 12.8 Å². The molecular weight excluding hydrogens is 254 g/mol. The number of rotatable bonds is 3. The number of aromatic nitrogens is 4. The van der Waals surface area contributed by atoms with Gasteiger partial charge in [0.25, 0.3) is 5.91 Å². The molecule has 0 radical (unpaired) electrons. The van der Waals surface area contributed by atoms with Crippen molar-refractivity contribution in [2.75, 3.05) is 0 Å². The Morgan fingerprint density at radius 1 is 1.56 bits per heavy atom. The number of hydrogen-bond donors (Lipinski definition) is 1. The van der Waals surface area contributed by atoms with Crippen LogP contribution in [0.3, 0.4) is 0 Å². The molecule has 3 rings (SSSR count). The zero-order valence-electron chi connectivity index (χ0n) is 9.45. The minimum absolute atomic E-state index is 0.261. The summed E-state index contributed by atoms with van der Waals surface area (Å²) in [6.07, 6.45) is 1.46. The molecule has 1 amide bonds. The molecule has 0 atom stereocenters. The summed E-state index contributed by atoms with van der Waals surface area (Å²) in [5.74, 6) is 0.752. The predicted octanol–water partition coefficient (Wildman–Crippen LogP) is 1.02. The number of carbonyl (C=O) groups is 1. The first kappa shape index (κ1) is 10.9. The predicted molar refractivity (Wildman–Crippen MR) is 63.3 cm³/mol. The van der Waals surface area contributed by atoms with Crippen LogP contribution < -0.4 is 5.32 Å². The molecule has 0 aliphatic carbocycles. The number of nitrogens with zero attached hydrogens (tertiary/aromatic N) is 4. The number of aryl methyl sites for hydroxylation is 1. The number of fused-ring (bicyclic) bond motifs is 1. The van der Waals surface area contributed by atoms with Crippen molar-refractivity contribution in [3.8, 4) is 0 Å². The van der Waals surface area contributed by atoms with E-state index in [2.05, 4.69) is 20.6 Å². The highest BCUT2D eigenvalue weighted by molar-refractivity contribution is 7.16. The molecule has 92 valence electrons. The van der Waals surface area contributed by atoms with Crippen molar-refractivity contribution >= 4 is 22.2 Å². The van der Waals surface area contributed by atoms with Crippen LogP contribution in [-0.2, 0) is 6.54 Å². The average Bonchev–Trinajstić information content (AvgIpc) is 3.05. The van der Waals surface area contributed by atoms with Crippen molar-refractivity contribution < 1.29 is 9.21 Å². The lowest BCUT2D eigenvalue weighted by atomic mass is 10.4. The third kappa shape index (κ3) is 1.86. The Morgan fingerprint density at radius 3 is 3.17 bits per heavy atom. The average molecular weight is 263 g/mol. The standard InChI is InChI=1S/C10H9N5O2S/c1-6-12-13-10-15(6)14-8(18-10)5-11-9(16)7-3-2-4-17-7/h2-4H,5H2,1H3,(H,11,16). The van der Waals surface area contributed by atoms with Gasteiger partial charge in [-0.2, -0.15) is 9.61 Å². The van der Waals surface area contributed by atoms with E-state index in [4.69, 9.17) is 4.42 Å². The summed E-state index contributed by atoms with van der Waals surface area (Å²) in [6, 6.07) is 3.28.